The van der Waals surface area contributed by atoms with E-state index in [0.717, 1.165) is 54.9 Å². The van der Waals surface area contributed by atoms with Gasteiger partial charge >= 0.3 is 0 Å². The molecule has 1 atom stereocenters. The van der Waals surface area contributed by atoms with Crippen LogP contribution in [-0.4, -0.2) is 54.6 Å². The van der Waals surface area contributed by atoms with Gasteiger partial charge in [-0.1, -0.05) is 30.3 Å². The number of nitrogens with one attached hydrogen (secondary N) is 1. The molecule has 0 radical (unpaired) electrons. The average molecular weight is 459 g/mol. The van der Waals surface area contributed by atoms with Crippen LogP contribution in [0, 0.1) is 5.92 Å². The predicted molar refractivity (Wildman–Crippen MR) is 131 cm³/mol. The molecule has 1 fully saturated rings. The van der Waals surface area contributed by atoms with Gasteiger partial charge in [-0.2, -0.15) is 0 Å². The zero-order valence-corrected chi connectivity index (χ0v) is 19.5. The van der Waals surface area contributed by atoms with Gasteiger partial charge in [0.15, 0.2) is 0 Å². The Morgan fingerprint density at radius 3 is 2.71 bits per heavy atom. The lowest BCUT2D eigenvalue weighted by Crippen LogP contribution is -2.51. The fourth-order valence-corrected chi connectivity index (χ4v) is 5.89. The van der Waals surface area contributed by atoms with E-state index in [1.807, 2.05) is 42.3 Å². The molecule has 0 aliphatic carbocycles. The minimum Gasteiger partial charge on any atom is -0.381 e. The summed E-state index contributed by atoms with van der Waals surface area (Å²) in [5, 5.41) is 4.34. The van der Waals surface area contributed by atoms with E-state index in [1.165, 1.54) is 10.9 Å². The monoisotopic (exact) mass is 458 g/mol. The molecule has 7 heteroatoms. The number of hydrogen-bond donors (Lipinski definition) is 1. The van der Waals surface area contributed by atoms with Gasteiger partial charge < -0.3 is 24.4 Å². The largest absolute Gasteiger partial charge is 0.381 e. The highest BCUT2D eigenvalue weighted by molar-refractivity contribution is 6.02. The molecule has 1 saturated heterocycles. The first-order valence-electron chi connectivity index (χ1n) is 12.2. The molecule has 3 aliphatic heterocycles. The van der Waals surface area contributed by atoms with Gasteiger partial charge in [0.25, 0.3) is 5.91 Å². The van der Waals surface area contributed by atoms with Crippen LogP contribution in [0.4, 0.5) is 5.69 Å². The van der Waals surface area contributed by atoms with Gasteiger partial charge in [0.1, 0.15) is 12.7 Å². The number of rotatable bonds is 4. The number of fused-ring (bicyclic) bond motifs is 6. The lowest BCUT2D eigenvalue weighted by atomic mass is 9.96. The highest BCUT2D eigenvalue weighted by Gasteiger charge is 2.42. The predicted octanol–water partition coefficient (Wildman–Crippen LogP) is 3.33. The number of aromatic nitrogens is 1. The first-order valence-corrected chi connectivity index (χ1v) is 12.2. The van der Waals surface area contributed by atoms with Crippen molar-refractivity contribution in [2.75, 3.05) is 38.3 Å². The Labute approximate surface area is 199 Å². The van der Waals surface area contributed by atoms with E-state index in [9.17, 15) is 9.59 Å². The summed E-state index contributed by atoms with van der Waals surface area (Å²) in [5.41, 5.74) is 5.02. The number of ether oxygens (including phenoxy) is 1. The Morgan fingerprint density at radius 1 is 1.09 bits per heavy atom. The Balaban J connectivity index is 1.38. The minimum absolute atomic E-state index is 0.0114. The third kappa shape index (κ3) is 3.38. The summed E-state index contributed by atoms with van der Waals surface area (Å²) in [6, 6.07) is 16.1. The van der Waals surface area contributed by atoms with Gasteiger partial charge in [-0.15, -0.1) is 0 Å². The molecule has 0 bridgehead atoms. The van der Waals surface area contributed by atoms with E-state index in [4.69, 9.17) is 4.74 Å². The molecule has 0 unspecified atom stereocenters. The number of hydrogen-bond acceptors (Lipinski definition) is 4. The Kier molecular flexibility index (Phi) is 5.29. The van der Waals surface area contributed by atoms with Crippen LogP contribution < -0.4 is 10.2 Å². The van der Waals surface area contributed by atoms with Crippen molar-refractivity contribution in [3.05, 3.63) is 65.4 Å². The van der Waals surface area contributed by atoms with E-state index in [1.54, 1.807) is 0 Å². The SMILES string of the molecule is CN1c2ccccc2C(=O)N2CCc3c(n(CC(=O)NCC4CCOCC4)c4ccccc34)[C@@H]21. The topological polar surface area (TPSA) is 66.8 Å². The smallest absolute Gasteiger partial charge is 0.257 e. The highest BCUT2D eigenvalue weighted by Crippen LogP contribution is 2.44. The van der Waals surface area contributed by atoms with Crippen molar-refractivity contribution in [2.24, 2.45) is 5.92 Å². The quantitative estimate of drug-likeness (QED) is 0.651. The zero-order valence-electron chi connectivity index (χ0n) is 19.5. The third-order valence-corrected chi connectivity index (χ3v) is 7.64. The Hall–Kier alpha value is -3.32. The Bertz CT molecular complexity index is 1260. The molecule has 176 valence electrons. The zero-order chi connectivity index (χ0) is 23.2. The summed E-state index contributed by atoms with van der Waals surface area (Å²) in [6.07, 6.45) is 2.53. The summed E-state index contributed by atoms with van der Waals surface area (Å²) < 4.78 is 7.58. The van der Waals surface area contributed by atoms with E-state index in [2.05, 4.69) is 33.0 Å². The molecular formula is C27H30N4O3. The summed E-state index contributed by atoms with van der Waals surface area (Å²) in [6.45, 7) is 3.14. The van der Waals surface area contributed by atoms with Crippen LogP contribution in [0.1, 0.15) is 40.6 Å². The second kappa shape index (κ2) is 8.47. The van der Waals surface area contributed by atoms with Gasteiger partial charge in [-0.05, 0) is 48.9 Å². The fourth-order valence-electron chi connectivity index (χ4n) is 5.89. The molecular weight excluding hydrogens is 428 g/mol. The van der Waals surface area contributed by atoms with Crippen LogP contribution in [-0.2, 0) is 22.5 Å². The van der Waals surface area contributed by atoms with E-state index in [-0.39, 0.29) is 24.5 Å². The first-order chi connectivity index (χ1) is 16.6. The molecule has 2 amide bonds. The maximum absolute atomic E-state index is 13.4. The normalized spacial score (nSPS) is 20.1. The second-order valence-electron chi connectivity index (χ2n) is 9.58. The molecule has 7 nitrogen and oxygen atoms in total. The number of carbonyl (C=O) groups excluding carboxylic acids is 2. The van der Waals surface area contributed by atoms with Crippen molar-refractivity contribution in [2.45, 2.75) is 32.0 Å². The summed E-state index contributed by atoms with van der Waals surface area (Å²) in [7, 11) is 2.05. The molecule has 0 saturated carbocycles. The van der Waals surface area contributed by atoms with Gasteiger partial charge in [-0.25, -0.2) is 0 Å². The molecule has 0 spiro atoms. The molecule has 4 heterocycles. The number of para-hydroxylation sites is 2. The minimum atomic E-state index is -0.234. The molecule has 2 aromatic carbocycles. The third-order valence-electron chi connectivity index (χ3n) is 7.64. The fraction of sp³-hybridized carbons (Fsp3) is 0.407. The maximum Gasteiger partial charge on any atom is 0.257 e. The van der Waals surface area contributed by atoms with Crippen molar-refractivity contribution >= 4 is 28.4 Å². The van der Waals surface area contributed by atoms with Crippen molar-refractivity contribution in [3.8, 4) is 0 Å². The standard InChI is InChI=1S/C27H30N4O3/c1-29-22-8-4-3-7-21(22)27(33)30-13-10-20-19-6-2-5-9-23(19)31(25(20)26(29)30)17-24(32)28-16-18-11-14-34-15-12-18/h2-9,18,26H,10-17H2,1H3,(H,28,32)/t26-/m1/s1. The number of benzene rings is 2. The van der Waals surface area contributed by atoms with Crippen LogP contribution in [0.3, 0.4) is 0 Å². The van der Waals surface area contributed by atoms with Crippen molar-refractivity contribution in [1.29, 1.82) is 0 Å². The lowest BCUT2D eigenvalue weighted by Gasteiger charge is -2.46. The lowest BCUT2D eigenvalue weighted by molar-refractivity contribution is -0.122. The van der Waals surface area contributed by atoms with Crippen LogP contribution in [0.15, 0.2) is 48.5 Å². The van der Waals surface area contributed by atoms with E-state index < -0.39 is 0 Å². The number of amides is 2. The summed E-state index contributed by atoms with van der Waals surface area (Å²) in [5.74, 6) is 0.546. The summed E-state index contributed by atoms with van der Waals surface area (Å²) >= 11 is 0. The van der Waals surface area contributed by atoms with E-state index in [0.29, 0.717) is 19.0 Å². The second-order valence-corrected chi connectivity index (χ2v) is 9.58. The average Bonchev–Trinajstić information content (AvgIpc) is 3.20. The van der Waals surface area contributed by atoms with Crippen molar-refractivity contribution in [1.82, 2.24) is 14.8 Å². The molecule has 3 aromatic rings. The van der Waals surface area contributed by atoms with Gasteiger partial charge in [-0.3, -0.25) is 9.59 Å². The van der Waals surface area contributed by atoms with Gasteiger partial charge in [0.2, 0.25) is 5.91 Å². The van der Waals surface area contributed by atoms with Crippen molar-refractivity contribution < 1.29 is 14.3 Å². The van der Waals surface area contributed by atoms with E-state index >= 15 is 0 Å². The first kappa shape index (κ1) is 21.2. The summed E-state index contributed by atoms with van der Waals surface area (Å²) in [4.78, 5) is 30.7. The van der Waals surface area contributed by atoms with Gasteiger partial charge in [0, 0.05) is 44.3 Å². The molecule has 34 heavy (non-hydrogen) atoms. The number of nitrogens with zero attached hydrogens (tertiary/aromatic N) is 3. The van der Waals surface area contributed by atoms with Crippen LogP contribution >= 0.6 is 0 Å². The Morgan fingerprint density at radius 2 is 1.85 bits per heavy atom. The van der Waals surface area contributed by atoms with Crippen molar-refractivity contribution in [3.63, 3.8) is 0 Å². The van der Waals surface area contributed by atoms with Crippen LogP contribution in [0.2, 0.25) is 0 Å². The number of carbonyl (C=O) groups is 2. The molecule has 1 N–H and O–H groups in total. The molecule has 1 aromatic heterocycles. The van der Waals surface area contributed by atoms with Crippen LogP contribution in [0.5, 0.6) is 0 Å². The molecule has 6 rings (SSSR count). The van der Waals surface area contributed by atoms with Gasteiger partial charge in [0.05, 0.1) is 16.9 Å². The van der Waals surface area contributed by atoms with Crippen LogP contribution in [0.25, 0.3) is 10.9 Å². The maximum atomic E-state index is 13.4. The highest BCUT2D eigenvalue weighted by atomic mass is 16.5. The molecule has 3 aliphatic rings. The number of anilines is 1.